The fraction of sp³-hybridized carbons (Fsp3) is 0.364. The summed E-state index contributed by atoms with van der Waals surface area (Å²) in [5.74, 6) is -0.512. The first-order valence-corrected chi connectivity index (χ1v) is 4.82. The van der Waals surface area contributed by atoms with Crippen molar-refractivity contribution in [3.05, 3.63) is 40.1 Å². The van der Waals surface area contributed by atoms with Crippen LogP contribution in [0.15, 0.2) is 18.2 Å². The number of hydrogen-bond acceptors (Lipinski definition) is 3. The highest BCUT2D eigenvalue weighted by Gasteiger charge is 2.15. The maximum absolute atomic E-state index is 11.6. The maximum atomic E-state index is 11.6. The third-order valence-electron chi connectivity index (χ3n) is 2.22. The first kappa shape index (κ1) is 11.8. The van der Waals surface area contributed by atoms with Crippen molar-refractivity contribution in [2.75, 3.05) is 13.2 Å². The molecular weight excluding hydrogens is 194 g/mol. The number of quaternary nitrogens is 1. The lowest BCUT2D eigenvalue weighted by Crippen LogP contribution is -3.10. The van der Waals surface area contributed by atoms with Crippen molar-refractivity contribution in [2.24, 2.45) is 0 Å². The van der Waals surface area contributed by atoms with E-state index in [2.05, 4.69) is 0 Å². The molecule has 0 spiro atoms. The van der Waals surface area contributed by atoms with Crippen LogP contribution in [0.2, 0.25) is 0 Å². The summed E-state index contributed by atoms with van der Waals surface area (Å²) >= 11 is 0. The smallest absolute Gasteiger partial charge is 0.344 e. The van der Waals surface area contributed by atoms with Gasteiger partial charge in [0.2, 0.25) is 0 Å². The number of aryl methyl sites for hydroxylation is 2. The Labute approximate surface area is 88.7 Å². The molecule has 0 aliphatic rings. The molecule has 0 heterocycles. The second-order valence-corrected chi connectivity index (χ2v) is 3.54. The molecule has 1 amide bonds. The van der Waals surface area contributed by atoms with E-state index in [1.165, 1.54) is 0 Å². The minimum absolute atomic E-state index is 0.105. The van der Waals surface area contributed by atoms with E-state index in [-0.39, 0.29) is 13.2 Å². The van der Waals surface area contributed by atoms with Crippen molar-refractivity contribution >= 4 is 5.91 Å². The number of nitrogens with one attached hydrogen (secondary N) is 1. The van der Waals surface area contributed by atoms with Gasteiger partial charge in [-0.3, -0.25) is 0 Å². The fourth-order valence-corrected chi connectivity index (χ4v) is 1.43. The van der Waals surface area contributed by atoms with Crippen molar-refractivity contribution in [3.63, 3.8) is 0 Å². The molecule has 0 bridgehead atoms. The number of hydrogen-bond donors (Lipinski definition) is 2. The van der Waals surface area contributed by atoms with Crippen molar-refractivity contribution in [1.29, 1.82) is 0 Å². The van der Waals surface area contributed by atoms with Gasteiger partial charge in [-0.2, -0.15) is 0 Å². The number of carbonyl (C=O) groups excluding carboxylic acids is 1. The Kier molecular flexibility index (Phi) is 3.96. The van der Waals surface area contributed by atoms with E-state index in [0.29, 0.717) is 5.56 Å². The quantitative estimate of drug-likeness (QED) is 0.679. The lowest BCUT2D eigenvalue weighted by atomic mass is 10.1. The summed E-state index contributed by atoms with van der Waals surface area (Å²) in [5, 5.41) is 19.3. The molecule has 0 saturated heterocycles. The first-order chi connectivity index (χ1) is 7.06. The number of aliphatic hydroxyl groups excluding tert-OH is 1. The minimum Gasteiger partial charge on any atom is -0.626 e. The third kappa shape index (κ3) is 2.86. The number of amides is 1. The van der Waals surface area contributed by atoms with Crippen LogP contribution in [-0.2, 0) is 0 Å². The summed E-state index contributed by atoms with van der Waals surface area (Å²) in [6, 6.07) is 5.31. The van der Waals surface area contributed by atoms with E-state index in [9.17, 15) is 10.0 Å². The molecule has 15 heavy (non-hydrogen) atoms. The minimum atomic E-state index is -0.538. The molecule has 82 valence electrons. The van der Waals surface area contributed by atoms with Crippen LogP contribution in [0.1, 0.15) is 21.5 Å². The van der Waals surface area contributed by atoms with Gasteiger partial charge in [-0.15, -0.1) is 0 Å². The van der Waals surface area contributed by atoms with Gasteiger partial charge >= 0.3 is 5.91 Å². The Bertz CT molecular complexity index is 363. The molecule has 4 heteroatoms. The van der Waals surface area contributed by atoms with Crippen molar-refractivity contribution in [3.8, 4) is 0 Å². The molecule has 1 unspecified atom stereocenters. The van der Waals surface area contributed by atoms with Crippen LogP contribution in [0.3, 0.4) is 0 Å². The predicted octanol–water partition coefficient (Wildman–Crippen LogP) is -0.181. The summed E-state index contributed by atoms with van der Waals surface area (Å²) in [5.41, 5.74) is 2.28. The Morgan fingerprint density at radius 2 is 2.13 bits per heavy atom. The van der Waals surface area contributed by atoms with E-state index in [4.69, 9.17) is 5.11 Å². The van der Waals surface area contributed by atoms with Gasteiger partial charge in [-0.25, -0.2) is 4.79 Å². The second-order valence-electron chi connectivity index (χ2n) is 3.54. The van der Waals surface area contributed by atoms with Gasteiger partial charge in [0.25, 0.3) is 0 Å². The molecular formula is C11H15NO3. The molecule has 4 nitrogen and oxygen atoms in total. The van der Waals surface area contributed by atoms with E-state index in [1.54, 1.807) is 19.1 Å². The zero-order valence-electron chi connectivity index (χ0n) is 8.91. The highest BCUT2D eigenvalue weighted by atomic mass is 16.5. The number of carbonyl (C=O) groups is 1. The van der Waals surface area contributed by atoms with E-state index < -0.39 is 11.0 Å². The highest BCUT2D eigenvalue weighted by molar-refractivity contribution is 5.89. The molecule has 0 aliphatic heterocycles. The molecule has 0 aliphatic carbocycles. The second kappa shape index (κ2) is 5.02. The maximum Gasteiger partial charge on any atom is 0.344 e. The zero-order chi connectivity index (χ0) is 11.4. The lowest BCUT2D eigenvalue weighted by molar-refractivity contribution is -0.758. The van der Waals surface area contributed by atoms with Crippen molar-refractivity contribution in [2.45, 2.75) is 13.8 Å². The average molecular weight is 209 g/mol. The van der Waals surface area contributed by atoms with Gasteiger partial charge in [0.15, 0.2) is 0 Å². The number of aliphatic hydroxyl groups is 1. The fourth-order valence-electron chi connectivity index (χ4n) is 1.43. The van der Waals surface area contributed by atoms with Crippen molar-refractivity contribution in [1.82, 2.24) is 0 Å². The molecule has 0 aromatic heterocycles. The molecule has 0 saturated carbocycles. The van der Waals surface area contributed by atoms with Crippen LogP contribution in [0.25, 0.3) is 0 Å². The Morgan fingerprint density at radius 3 is 2.67 bits per heavy atom. The normalized spacial score (nSPS) is 12.5. The topological polar surface area (TPSA) is 64.8 Å². The molecule has 1 atom stereocenters. The molecule has 0 fully saturated rings. The zero-order valence-corrected chi connectivity index (χ0v) is 8.91. The van der Waals surface area contributed by atoms with E-state index in [1.807, 2.05) is 13.0 Å². The van der Waals surface area contributed by atoms with Crippen LogP contribution in [-0.4, -0.2) is 24.2 Å². The number of hydroxylamine groups is 2. The Balaban J connectivity index is 2.91. The van der Waals surface area contributed by atoms with Gasteiger partial charge in [-0.1, -0.05) is 17.7 Å². The van der Waals surface area contributed by atoms with Gasteiger partial charge in [0, 0.05) is 0 Å². The molecule has 1 aromatic rings. The van der Waals surface area contributed by atoms with Crippen LogP contribution < -0.4 is 5.06 Å². The van der Waals surface area contributed by atoms with E-state index in [0.717, 1.165) is 11.1 Å². The van der Waals surface area contributed by atoms with Crippen LogP contribution in [0, 0.1) is 19.1 Å². The SMILES string of the molecule is Cc1ccc(C(=O)[NH+]([O-])CCO)c(C)c1. The summed E-state index contributed by atoms with van der Waals surface area (Å²) in [6.07, 6.45) is 0. The van der Waals surface area contributed by atoms with Crippen molar-refractivity contribution < 1.29 is 15.0 Å². The Morgan fingerprint density at radius 1 is 1.47 bits per heavy atom. The highest BCUT2D eigenvalue weighted by Crippen LogP contribution is 2.09. The lowest BCUT2D eigenvalue weighted by Gasteiger charge is -2.19. The van der Waals surface area contributed by atoms with Gasteiger partial charge < -0.3 is 15.4 Å². The predicted molar refractivity (Wildman–Crippen MR) is 56.5 cm³/mol. The molecule has 2 N–H and O–H groups in total. The molecule has 1 aromatic carbocycles. The summed E-state index contributed by atoms with van der Waals surface area (Å²) < 4.78 is 0. The first-order valence-electron chi connectivity index (χ1n) is 4.82. The number of benzene rings is 1. The average Bonchev–Trinajstić information content (AvgIpc) is 2.17. The summed E-state index contributed by atoms with van der Waals surface area (Å²) in [4.78, 5) is 11.6. The number of rotatable bonds is 3. The van der Waals surface area contributed by atoms with Crippen LogP contribution in [0.5, 0.6) is 0 Å². The van der Waals surface area contributed by atoms with E-state index >= 15 is 0 Å². The standard InChI is InChI=1S/C11H15NO3/c1-8-3-4-10(9(2)7-8)11(14)12(15)5-6-13/h3-4,7,12-13H,5-6H2,1-2H3. The largest absolute Gasteiger partial charge is 0.626 e. The molecule has 0 radical (unpaired) electrons. The van der Waals surface area contributed by atoms with Crippen LogP contribution >= 0.6 is 0 Å². The van der Waals surface area contributed by atoms with Crippen LogP contribution in [0.4, 0.5) is 0 Å². The monoisotopic (exact) mass is 209 g/mol. The third-order valence-corrected chi connectivity index (χ3v) is 2.22. The van der Waals surface area contributed by atoms with Gasteiger partial charge in [0.1, 0.15) is 6.54 Å². The van der Waals surface area contributed by atoms with Gasteiger partial charge in [0.05, 0.1) is 12.2 Å². The Hall–Kier alpha value is -1.23. The molecule has 1 rings (SSSR count). The van der Waals surface area contributed by atoms with Gasteiger partial charge in [-0.05, 0) is 25.5 Å². The summed E-state index contributed by atoms with van der Waals surface area (Å²) in [7, 11) is 0. The summed E-state index contributed by atoms with van der Waals surface area (Å²) in [6.45, 7) is 3.34.